The van der Waals surface area contributed by atoms with Gasteiger partial charge in [-0.15, -0.1) is 0 Å². The van der Waals surface area contributed by atoms with Crippen molar-refractivity contribution in [2.24, 2.45) is 0 Å². The highest BCUT2D eigenvalue weighted by atomic mass is 35.5. The maximum Gasteiger partial charge on any atom is 0.280 e. The van der Waals surface area contributed by atoms with Gasteiger partial charge in [-0.25, -0.2) is 9.97 Å². The zero-order valence-electron chi connectivity index (χ0n) is 22.4. The molecular weight excluding hydrogens is 553 g/mol. The summed E-state index contributed by atoms with van der Waals surface area (Å²) in [7, 11) is 5.17. The Bertz CT molecular complexity index is 1720. The Morgan fingerprint density at radius 2 is 1.80 bits per heavy atom. The van der Waals surface area contributed by atoms with E-state index >= 15 is 0 Å². The van der Waals surface area contributed by atoms with Crippen LogP contribution in [0.15, 0.2) is 48.7 Å². The van der Waals surface area contributed by atoms with Crippen LogP contribution in [0.5, 0.6) is 5.88 Å². The molecule has 4 aromatic rings. The van der Waals surface area contributed by atoms with Crippen molar-refractivity contribution in [3.8, 4) is 17.3 Å². The zero-order valence-corrected chi connectivity index (χ0v) is 23.9. The summed E-state index contributed by atoms with van der Waals surface area (Å²) in [6.45, 7) is 3.92. The number of fused-ring (bicyclic) bond motifs is 4. The van der Waals surface area contributed by atoms with Crippen molar-refractivity contribution < 1.29 is 14.3 Å². The molecule has 2 amide bonds. The first-order valence-electron chi connectivity index (χ1n) is 12.5. The van der Waals surface area contributed by atoms with E-state index in [4.69, 9.17) is 32.9 Å². The number of carbonyl (C=O) groups excluding carboxylic acids is 2. The van der Waals surface area contributed by atoms with Crippen molar-refractivity contribution in [1.29, 1.82) is 0 Å². The zero-order chi connectivity index (χ0) is 28.5. The maximum absolute atomic E-state index is 14.3. The second-order valence-electron chi connectivity index (χ2n) is 10.1. The molecule has 0 radical (unpaired) electrons. The van der Waals surface area contributed by atoms with Crippen LogP contribution < -0.4 is 19.9 Å². The lowest BCUT2D eigenvalue weighted by Crippen LogP contribution is -2.51. The molecule has 4 heterocycles. The molecule has 0 saturated heterocycles. The third kappa shape index (κ3) is 3.52. The Hall–Kier alpha value is -4.15. The van der Waals surface area contributed by atoms with E-state index in [9.17, 15) is 9.59 Å². The topological polar surface area (TPSA) is 105 Å². The van der Waals surface area contributed by atoms with Gasteiger partial charge < -0.3 is 19.5 Å². The highest BCUT2D eigenvalue weighted by Gasteiger charge is 2.64. The molecule has 204 valence electrons. The normalized spacial score (nSPS) is 17.4. The monoisotopic (exact) mass is 577 g/mol. The van der Waals surface area contributed by atoms with Crippen molar-refractivity contribution in [3.05, 3.63) is 75.7 Å². The minimum atomic E-state index is -1.58. The minimum absolute atomic E-state index is 0.139. The number of ether oxygens (including phenoxy) is 1. The fourth-order valence-corrected chi connectivity index (χ4v) is 5.88. The Balaban J connectivity index is 1.70. The van der Waals surface area contributed by atoms with E-state index in [-0.39, 0.29) is 11.7 Å². The highest BCUT2D eigenvalue weighted by molar-refractivity contribution is 6.32. The predicted molar refractivity (Wildman–Crippen MR) is 154 cm³/mol. The molecule has 0 saturated carbocycles. The van der Waals surface area contributed by atoms with Crippen LogP contribution in [-0.4, -0.2) is 52.5 Å². The quantitative estimate of drug-likeness (QED) is 0.349. The largest absolute Gasteiger partial charge is 0.480 e. The van der Waals surface area contributed by atoms with E-state index in [2.05, 4.69) is 15.3 Å². The van der Waals surface area contributed by atoms with Gasteiger partial charge in [-0.05, 0) is 44.2 Å². The number of rotatable bonds is 5. The molecule has 12 heteroatoms. The molecule has 0 bridgehead atoms. The van der Waals surface area contributed by atoms with Crippen molar-refractivity contribution in [2.75, 3.05) is 36.3 Å². The first-order chi connectivity index (χ1) is 19.1. The molecule has 6 rings (SSSR count). The standard InChI is InChI=1S/C28H25Cl2N7O3/c1-14(2)36-22-21(33-23(36)18-13-31-27(35(3)4)34-24(18)40-5)25(38)37(17-8-6-7-15(29)11-17)28(22)19-10-9-16(30)12-20(19)32-26(28)39/h6-14H,1-5H3,(H,32,39)/t28-/m0/s1. The van der Waals surface area contributed by atoms with E-state index < -0.39 is 17.4 Å². The summed E-state index contributed by atoms with van der Waals surface area (Å²) in [6, 6.07) is 11.8. The minimum Gasteiger partial charge on any atom is -0.480 e. The lowest BCUT2D eigenvalue weighted by atomic mass is 9.87. The molecule has 1 atom stereocenters. The Kier molecular flexibility index (Phi) is 6.01. The SMILES string of the molecule is COc1nc(N(C)C)ncc1-c1nc2c(n1C(C)C)[C@@]1(C(=O)Nc3cc(Cl)ccc31)N(c1cccc(Cl)c1)C2=O. The van der Waals surface area contributed by atoms with Gasteiger partial charge >= 0.3 is 0 Å². The molecule has 0 aliphatic carbocycles. The number of amides is 2. The smallest absolute Gasteiger partial charge is 0.280 e. The number of imidazole rings is 1. The first kappa shape index (κ1) is 26.1. The number of anilines is 3. The van der Waals surface area contributed by atoms with E-state index in [1.165, 1.54) is 12.0 Å². The van der Waals surface area contributed by atoms with Crippen LogP contribution in [0.25, 0.3) is 11.4 Å². The Labute approximate surface area is 240 Å². The van der Waals surface area contributed by atoms with Gasteiger partial charge in [0.2, 0.25) is 11.8 Å². The number of halogens is 2. The van der Waals surface area contributed by atoms with Crippen LogP contribution >= 0.6 is 23.2 Å². The second kappa shape index (κ2) is 9.21. The van der Waals surface area contributed by atoms with Crippen molar-refractivity contribution >= 4 is 52.3 Å². The van der Waals surface area contributed by atoms with Gasteiger partial charge in [0.15, 0.2) is 11.2 Å². The third-order valence-corrected chi connectivity index (χ3v) is 7.57. The Morgan fingerprint density at radius 1 is 1.05 bits per heavy atom. The highest BCUT2D eigenvalue weighted by Crippen LogP contribution is 2.54. The Morgan fingerprint density at radius 3 is 2.48 bits per heavy atom. The van der Waals surface area contributed by atoms with Gasteiger partial charge in [-0.2, -0.15) is 4.98 Å². The van der Waals surface area contributed by atoms with E-state index in [0.29, 0.717) is 55.9 Å². The van der Waals surface area contributed by atoms with Crippen LogP contribution in [0.4, 0.5) is 17.3 Å². The number of methoxy groups -OCH3 is 1. The number of nitrogens with one attached hydrogen (secondary N) is 1. The van der Waals surface area contributed by atoms with Gasteiger partial charge in [-0.3, -0.25) is 14.5 Å². The average molecular weight is 578 g/mol. The molecular formula is C28H25Cl2N7O3. The molecule has 1 N–H and O–H groups in total. The number of benzene rings is 2. The summed E-state index contributed by atoms with van der Waals surface area (Å²) in [5.41, 5.74) is 1.03. The molecule has 2 aromatic carbocycles. The van der Waals surface area contributed by atoms with Crippen LogP contribution in [0.2, 0.25) is 10.0 Å². The van der Waals surface area contributed by atoms with Gasteiger partial charge in [0.25, 0.3) is 11.8 Å². The first-order valence-corrected chi connectivity index (χ1v) is 13.3. The summed E-state index contributed by atoms with van der Waals surface area (Å²) in [5.74, 6) is 0.310. The number of aromatic nitrogens is 4. The number of carbonyl (C=O) groups is 2. The van der Waals surface area contributed by atoms with Gasteiger partial charge in [0.1, 0.15) is 5.82 Å². The average Bonchev–Trinajstić information content (AvgIpc) is 3.52. The van der Waals surface area contributed by atoms with Crippen LogP contribution in [0.3, 0.4) is 0 Å². The van der Waals surface area contributed by atoms with Crippen molar-refractivity contribution in [2.45, 2.75) is 25.4 Å². The summed E-state index contributed by atoms with van der Waals surface area (Å²) < 4.78 is 7.52. The molecule has 10 nitrogen and oxygen atoms in total. The van der Waals surface area contributed by atoms with E-state index in [0.717, 1.165) is 0 Å². The third-order valence-electron chi connectivity index (χ3n) is 7.10. The van der Waals surface area contributed by atoms with Crippen LogP contribution in [0.1, 0.15) is 41.6 Å². The fourth-order valence-electron chi connectivity index (χ4n) is 5.52. The van der Waals surface area contributed by atoms with E-state index in [1.807, 2.05) is 32.5 Å². The van der Waals surface area contributed by atoms with Gasteiger partial charge in [0.05, 0.1) is 18.4 Å². The van der Waals surface area contributed by atoms with Gasteiger partial charge in [-0.1, -0.05) is 35.3 Å². The molecule has 0 fully saturated rings. The molecule has 1 spiro atoms. The molecule has 2 aromatic heterocycles. The fraction of sp³-hybridized carbons (Fsp3) is 0.250. The van der Waals surface area contributed by atoms with Crippen LogP contribution in [0, 0.1) is 0 Å². The molecule has 40 heavy (non-hydrogen) atoms. The lowest BCUT2D eigenvalue weighted by Gasteiger charge is -2.35. The molecule has 2 aliphatic rings. The molecule has 0 unspecified atom stereocenters. The summed E-state index contributed by atoms with van der Waals surface area (Å²) in [4.78, 5) is 45.6. The second-order valence-corrected chi connectivity index (χ2v) is 10.9. The number of nitrogens with zero attached hydrogens (tertiary/aromatic N) is 6. The summed E-state index contributed by atoms with van der Waals surface area (Å²) >= 11 is 12.7. The van der Waals surface area contributed by atoms with Crippen molar-refractivity contribution in [1.82, 2.24) is 19.5 Å². The summed E-state index contributed by atoms with van der Waals surface area (Å²) in [6.07, 6.45) is 1.62. The number of hydrogen-bond donors (Lipinski definition) is 1. The van der Waals surface area contributed by atoms with E-state index in [1.54, 1.807) is 53.6 Å². The summed E-state index contributed by atoms with van der Waals surface area (Å²) in [5, 5.41) is 3.84. The maximum atomic E-state index is 14.3. The lowest BCUT2D eigenvalue weighted by molar-refractivity contribution is -0.119. The number of hydrogen-bond acceptors (Lipinski definition) is 7. The van der Waals surface area contributed by atoms with Gasteiger partial charge in [0, 0.05) is 53.3 Å². The predicted octanol–water partition coefficient (Wildman–Crippen LogP) is 5.16. The van der Waals surface area contributed by atoms with Crippen molar-refractivity contribution in [3.63, 3.8) is 0 Å². The van der Waals surface area contributed by atoms with Crippen LogP contribution in [-0.2, 0) is 10.3 Å². The molecule has 2 aliphatic heterocycles.